The van der Waals surface area contributed by atoms with E-state index in [0.717, 1.165) is 0 Å². The van der Waals surface area contributed by atoms with Crippen molar-refractivity contribution in [2.24, 2.45) is 0 Å². The fourth-order valence-electron chi connectivity index (χ4n) is 3.35. The summed E-state index contributed by atoms with van der Waals surface area (Å²) in [6, 6.07) is 14.2. The van der Waals surface area contributed by atoms with Crippen molar-refractivity contribution in [2.45, 2.75) is 0 Å². The molecule has 0 unspecified atom stereocenters. The molecule has 1 heterocycles. The Morgan fingerprint density at radius 2 is 0.969 bits per heavy atom. The Morgan fingerprint density at radius 1 is 0.625 bits per heavy atom. The molecule has 0 aliphatic carbocycles. The van der Waals surface area contributed by atoms with Gasteiger partial charge in [-0.3, -0.25) is 9.59 Å². The van der Waals surface area contributed by atoms with Crippen molar-refractivity contribution >= 4 is 11.8 Å². The van der Waals surface area contributed by atoms with Crippen LogP contribution in [0.5, 0.6) is 11.5 Å². The van der Waals surface area contributed by atoms with E-state index in [1.165, 1.54) is 0 Å². The second-order valence-corrected chi connectivity index (χ2v) is 7.32. The molecule has 2 aromatic rings. The lowest BCUT2D eigenvalue weighted by atomic mass is 10.1. The molecular formula is C24H30N2O6. The van der Waals surface area contributed by atoms with E-state index >= 15 is 0 Å². The Hall–Kier alpha value is -3.10. The Kier molecular flexibility index (Phi) is 8.89. The highest BCUT2D eigenvalue weighted by atomic mass is 16.5. The number of methoxy groups -OCH3 is 2. The number of nitrogens with zero attached hydrogens (tertiary/aromatic N) is 2. The third kappa shape index (κ3) is 6.45. The van der Waals surface area contributed by atoms with E-state index in [4.69, 9.17) is 18.9 Å². The number of rotatable bonds is 10. The summed E-state index contributed by atoms with van der Waals surface area (Å²) in [5.74, 6) is 1.31. The summed E-state index contributed by atoms with van der Waals surface area (Å²) in [7, 11) is 3.24. The van der Waals surface area contributed by atoms with Crippen LogP contribution in [0.3, 0.4) is 0 Å². The summed E-state index contributed by atoms with van der Waals surface area (Å²) in [4.78, 5) is 29.2. The molecule has 1 aliphatic heterocycles. The molecule has 0 bridgehead atoms. The normalized spacial score (nSPS) is 13.7. The van der Waals surface area contributed by atoms with E-state index < -0.39 is 0 Å². The molecule has 8 nitrogen and oxygen atoms in total. The van der Waals surface area contributed by atoms with Crippen molar-refractivity contribution in [3.63, 3.8) is 0 Å². The van der Waals surface area contributed by atoms with Crippen LogP contribution < -0.4 is 9.47 Å². The van der Waals surface area contributed by atoms with E-state index in [1.807, 2.05) is 0 Å². The van der Waals surface area contributed by atoms with Crippen LogP contribution >= 0.6 is 0 Å². The number of carbonyl (C=O) groups excluding carboxylic acids is 2. The van der Waals surface area contributed by atoms with Crippen molar-refractivity contribution in [1.82, 2.24) is 9.80 Å². The first kappa shape index (κ1) is 23.6. The minimum atomic E-state index is -0.0434. The zero-order chi connectivity index (χ0) is 22.8. The zero-order valence-electron chi connectivity index (χ0n) is 18.6. The average molecular weight is 443 g/mol. The number of piperazine rings is 1. The fourth-order valence-corrected chi connectivity index (χ4v) is 3.35. The van der Waals surface area contributed by atoms with Crippen LogP contribution in [0, 0.1) is 0 Å². The van der Waals surface area contributed by atoms with Crippen molar-refractivity contribution in [3.8, 4) is 11.5 Å². The molecule has 2 amide bonds. The standard InChI is InChI=1S/C24H30N2O6/c1-29-15-17-31-21-7-3-19(4-8-21)23(27)25-11-13-26(14-12-25)24(28)20-5-9-22(10-6-20)32-18-16-30-2/h3-10H,11-18H2,1-2H3. The molecule has 0 N–H and O–H groups in total. The molecule has 1 fully saturated rings. The van der Waals surface area contributed by atoms with E-state index in [0.29, 0.717) is 75.2 Å². The van der Waals surface area contributed by atoms with Gasteiger partial charge < -0.3 is 28.7 Å². The van der Waals surface area contributed by atoms with Gasteiger partial charge >= 0.3 is 0 Å². The van der Waals surface area contributed by atoms with Gasteiger partial charge in [0.1, 0.15) is 24.7 Å². The third-order valence-corrected chi connectivity index (χ3v) is 5.17. The van der Waals surface area contributed by atoms with E-state index in [2.05, 4.69) is 0 Å². The van der Waals surface area contributed by atoms with Crippen molar-refractivity contribution in [1.29, 1.82) is 0 Å². The molecular weight excluding hydrogens is 412 g/mol. The van der Waals surface area contributed by atoms with Crippen LogP contribution in [0.1, 0.15) is 20.7 Å². The summed E-state index contributed by atoms with van der Waals surface area (Å²) in [5.41, 5.74) is 1.21. The molecule has 172 valence electrons. The van der Waals surface area contributed by atoms with Crippen LogP contribution in [0.4, 0.5) is 0 Å². The topological polar surface area (TPSA) is 77.5 Å². The quantitative estimate of drug-likeness (QED) is 0.526. The van der Waals surface area contributed by atoms with E-state index in [9.17, 15) is 9.59 Å². The third-order valence-electron chi connectivity index (χ3n) is 5.17. The molecule has 0 spiro atoms. The van der Waals surface area contributed by atoms with Crippen molar-refractivity contribution in [3.05, 3.63) is 59.7 Å². The largest absolute Gasteiger partial charge is 0.491 e. The van der Waals surface area contributed by atoms with Crippen LogP contribution in [0.15, 0.2) is 48.5 Å². The summed E-state index contributed by atoms with van der Waals surface area (Å²) in [6.07, 6.45) is 0. The van der Waals surface area contributed by atoms with Crippen molar-refractivity contribution < 1.29 is 28.5 Å². The molecule has 8 heteroatoms. The van der Waals surface area contributed by atoms with Gasteiger partial charge in [-0.1, -0.05) is 0 Å². The monoisotopic (exact) mass is 442 g/mol. The molecule has 0 atom stereocenters. The number of amides is 2. The highest BCUT2D eigenvalue weighted by Crippen LogP contribution is 2.17. The molecule has 0 aromatic heterocycles. The van der Waals surface area contributed by atoms with Gasteiger partial charge in [-0.25, -0.2) is 0 Å². The van der Waals surface area contributed by atoms with Crippen LogP contribution in [-0.2, 0) is 9.47 Å². The maximum Gasteiger partial charge on any atom is 0.253 e. The fraction of sp³-hybridized carbons (Fsp3) is 0.417. The lowest BCUT2D eigenvalue weighted by molar-refractivity contribution is 0.0535. The van der Waals surface area contributed by atoms with Gasteiger partial charge in [-0.05, 0) is 48.5 Å². The van der Waals surface area contributed by atoms with Gasteiger partial charge in [-0.2, -0.15) is 0 Å². The van der Waals surface area contributed by atoms with Gasteiger partial charge in [0.25, 0.3) is 11.8 Å². The number of carbonyl (C=O) groups is 2. The summed E-state index contributed by atoms with van der Waals surface area (Å²) in [6.45, 7) is 3.92. The first-order chi connectivity index (χ1) is 15.6. The molecule has 1 saturated heterocycles. The highest BCUT2D eigenvalue weighted by Gasteiger charge is 2.25. The van der Waals surface area contributed by atoms with Gasteiger partial charge in [0.05, 0.1) is 13.2 Å². The molecule has 1 aliphatic rings. The Balaban J connectivity index is 1.48. The average Bonchev–Trinajstić information content (AvgIpc) is 2.84. The molecule has 0 saturated carbocycles. The van der Waals surface area contributed by atoms with E-state index in [-0.39, 0.29) is 11.8 Å². The predicted molar refractivity (Wildman–Crippen MR) is 119 cm³/mol. The zero-order valence-corrected chi connectivity index (χ0v) is 18.6. The molecule has 3 rings (SSSR count). The Labute approximate surface area is 188 Å². The Morgan fingerprint density at radius 3 is 1.28 bits per heavy atom. The predicted octanol–water partition coefficient (Wildman–Crippen LogP) is 2.34. The van der Waals surface area contributed by atoms with Gasteiger partial charge in [0.2, 0.25) is 0 Å². The summed E-state index contributed by atoms with van der Waals surface area (Å²) in [5, 5.41) is 0. The van der Waals surface area contributed by atoms with Gasteiger partial charge in [0.15, 0.2) is 0 Å². The maximum absolute atomic E-state index is 12.8. The number of ether oxygens (including phenoxy) is 4. The van der Waals surface area contributed by atoms with Crippen LogP contribution in [0.2, 0.25) is 0 Å². The van der Waals surface area contributed by atoms with Crippen LogP contribution in [0.25, 0.3) is 0 Å². The number of benzene rings is 2. The lowest BCUT2D eigenvalue weighted by Gasteiger charge is -2.35. The second kappa shape index (κ2) is 12.1. The molecule has 32 heavy (non-hydrogen) atoms. The van der Waals surface area contributed by atoms with Gasteiger partial charge in [0, 0.05) is 51.5 Å². The number of hydrogen-bond acceptors (Lipinski definition) is 6. The minimum Gasteiger partial charge on any atom is -0.491 e. The number of hydrogen-bond donors (Lipinski definition) is 0. The Bertz CT molecular complexity index is 788. The van der Waals surface area contributed by atoms with E-state index in [1.54, 1.807) is 72.6 Å². The van der Waals surface area contributed by atoms with Crippen LogP contribution in [-0.4, -0.2) is 88.4 Å². The molecule has 2 aromatic carbocycles. The SMILES string of the molecule is COCCOc1ccc(C(=O)N2CCN(C(=O)c3ccc(OCCOC)cc3)CC2)cc1. The first-order valence-electron chi connectivity index (χ1n) is 10.6. The summed E-state index contributed by atoms with van der Waals surface area (Å²) < 4.78 is 21.0. The second-order valence-electron chi connectivity index (χ2n) is 7.32. The molecule has 0 radical (unpaired) electrons. The van der Waals surface area contributed by atoms with Crippen molar-refractivity contribution in [2.75, 3.05) is 66.8 Å². The maximum atomic E-state index is 12.8. The highest BCUT2D eigenvalue weighted by molar-refractivity contribution is 5.96. The first-order valence-corrected chi connectivity index (χ1v) is 10.6. The lowest BCUT2D eigenvalue weighted by Crippen LogP contribution is -2.50. The minimum absolute atomic E-state index is 0.0434. The smallest absolute Gasteiger partial charge is 0.253 e. The van der Waals surface area contributed by atoms with Gasteiger partial charge in [-0.15, -0.1) is 0 Å². The summed E-state index contributed by atoms with van der Waals surface area (Å²) >= 11 is 0.